The summed E-state index contributed by atoms with van der Waals surface area (Å²) >= 11 is 0. The van der Waals surface area contributed by atoms with Crippen LogP contribution in [0.15, 0.2) is 42.5 Å². The van der Waals surface area contributed by atoms with Crippen molar-refractivity contribution in [2.45, 2.75) is 0 Å². The topological polar surface area (TPSA) is 143 Å². The molecule has 2 aromatic carbocycles. The summed E-state index contributed by atoms with van der Waals surface area (Å²) < 4.78 is 15.5. The Morgan fingerprint density at radius 1 is 1.18 bits per heavy atom. The number of nitro groups is 1. The summed E-state index contributed by atoms with van der Waals surface area (Å²) in [6.45, 7) is -0.207. The van der Waals surface area contributed by atoms with Crippen LogP contribution < -0.4 is 20.5 Å². The molecular weight excluding hydrogens is 370 g/mol. The van der Waals surface area contributed by atoms with Crippen molar-refractivity contribution in [2.24, 2.45) is 0 Å². The highest BCUT2D eigenvalue weighted by molar-refractivity contribution is 5.96. The molecule has 1 amide bonds. The second-order valence-corrected chi connectivity index (χ2v) is 5.45. The Morgan fingerprint density at radius 2 is 1.89 bits per heavy atom. The van der Waals surface area contributed by atoms with Gasteiger partial charge in [0.15, 0.2) is 18.1 Å². The zero-order valence-corrected chi connectivity index (χ0v) is 15.0. The molecule has 0 heterocycles. The van der Waals surface area contributed by atoms with Gasteiger partial charge in [-0.3, -0.25) is 14.9 Å². The summed E-state index contributed by atoms with van der Waals surface area (Å²) in [5.41, 5.74) is 5.15. The third kappa shape index (κ3) is 5.59. The summed E-state index contributed by atoms with van der Waals surface area (Å²) in [6, 6.07) is 10.4. The van der Waals surface area contributed by atoms with Crippen molar-refractivity contribution >= 4 is 23.3 Å². The van der Waals surface area contributed by atoms with E-state index < -0.39 is 23.4 Å². The molecule has 148 valence electrons. The second-order valence-electron chi connectivity index (χ2n) is 5.45. The molecule has 0 bridgehead atoms. The van der Waals surface area contributed by atoms with Gasteiger partial charge in [-0.1, -0.05) is 12.1 Å². The third-order valence-corrected chi connectivity index (χ3v) is 3.55. The number of non-ortho nitro benzene ring substituents is 1. The first kappa shape index (κ1) is 20.5. The van der Waals surface area contributed by atoms with E-state index in [0.29, 0.717) is 11.5 Å². The minimum absolute atomic E-state index is 0.0150. The number of nitrogens with two attached hydrogens (primary N) is 1. The van der Waals surface area contributed by atoms with Crippen molar-refractivity contribution in [3.05, 3.63) is 58.1 Å². The maximum absolute atomic E-state index is 12.0. The Kier molecular flexibility index (Phi) is 7.14. The zero-order valence-electron chi connectivity index (χ0n) is 15.0. The Labute approximate surface area is 160 Å². The van der Waals surface area contributed by atoms with Crippen LogP contribution in [0.25, 0.3) is 0 Å². The number of rotatable bonds is 9. The van der Waals surface area contributed by atoms with Gasteiger partial charge in [0.05, 0.1) is 24.1 Å². The Bertz CT molecular complexity index is 870. The van der Waals surface area contributed by atoms with Gasteiger partial charge >= 0.3 is 5.97 Å². The van der Waals surface area contributed by atoms with Gasteiger partial charge in [-0.05, 0) is 18.2 Å². The van der Waals surface area contributed by atoms with Crippen LogP contribution >= 0.6 is 0 Å². The van der Waals surface area contributed by atoms with E-state index in [1.807, 2.05) is 0 Å². The average molecular weight is 389 g/mol. The van der Waals surface area contributed by atoms with E-state index in [9.17, 15) is 19.7 Å². The lowest BCUT2D eigenvalue weighted by Gasteiger charge is -2.11. The molecule has 0 radical (unpaired) electrons. The van der Waals surface area contributed by atoms with E-state index in [2.05, 4.69) is 5.32 Å². The van der Waals surface area contributed by atoms with Gasteiger partial charge < -0.3 is 25.3 Å². The number of amides is 1. The molecule has 0 aliphatic carbocycles. The number of para-hydroxylation sites is 2. The number of nitrogen functional groups attached to an aromatic ring is 1. The number of hydrogen-bond donors (Lipinski definition) is 2. The van der Waals surface area contributed by atoms with Gasteiger partial charge in [-0.2, -0.15) is 0 Å². The number of anilines is 1. The SMILES string of the molecule is COc1ccccc1OCCNC(=O)COC(=O)c1cc([N+](=O)[O-])ccc1N. The normalized spacial score (nSPS) is 10.0. The molecule has 2 rings (SSSR count). The van der Waals surface area contributed by atoms with E-state index in [1.54, 1.807) is 24.3 Å². The van der Waals surface area contributed by atoms with E-state index in [1.165, 1.54) is 19.2 Å². The number of esters is 1. The summed E-state index contributed by atoms with van der Waals surface area (Å²) in [6.07, 6.45) is 0. The Morgan fingerprint density at radius 3 is 2.57 bits per heavy atom. The Hall–Kier alpha value is -3.82. The van der Waals surface area contributed by atoms with Crippen LogP contribution in [0.3, 0.4) is 0 Å². The number of nitrogens with zero attached hydrogens (tertiary/aromatic N) is 1. The molecule has 28 heavy (non-hydrogen) atoms. The number of ether oxygens (including phenoxy) is 3. The lowest BCUT2D eigenvalue weighted by atomic mass is 10.1. The minimum atomic E-state index is -0.929. The molecule has 0 saturated carbocycles. The molecule has 0 unspecified atom stereocenters. The number of nitro benzene ring substituents is 1. The molecule has 10 nitrogen and oxygen atoms in total. The van der Waals surface area contributed by atoms with Gasteiger partial charge in [-0.25, -0.2) is 4.79 Å². The van der Waals surface area contributed by atoms with E-state index in [0.717, 1.165) is 6.07 Å². The molecule has 0 spiro atoms. The monoisotopic (exact) mass is 389 g/mol. The highest BCUT2D eigenvalue weighted by Gasteiger charge is 2.17. The van der Waals surface area contributed by atoms with Gasteiger partial charge in [0.2, 0.25) is 0 Å². The lowest BCUT2D eigenvalue weighted by molar-refractivity contribution is -0.384. The van der Waals surface area contributed by atoms with E-state index in [4.69, 9.17) is 19.9 Å². The second kappa shape index (κ2) is 9.76. The fourth-order valence-corrected chi connectivity index (χ4v) is 2.18. The highest BCUT2D eigenvalue weighted by Crippen LogP contribution is 2.25. The molecule has 0 atom stereocenters. The standard InChI is InChI=1S/C18H19N3O7/c1-26-15-4-2-3-5-16(15)27-9-8-20-17(22)11-28-18(23)13-10-12(21(24)25)6-7-14(13)19/h2-7,10H,8-9,11,19H2,1H3,(H,20,22). The molecular formula is C18H19N3O7. The molecule has 0 fully saturated rings. The summed E-state index contributed by atoms with van der Waals surface area (Å²) in [5, 5.41) is 13.3. The minimum Gasteiger partial charge on any atom is -0.493 e. The van der Waals surface area contributed by atoms with Crippen LogP contribution in [0.4, 0.5) is 11.4 Å². The number of methoxy groups -OCH3 is 1. The lowest BCUT2D eigenvalue weighted by Crippen LogP contribution is -2.32. The van der Waals surface area contributed by atoms with Crippen molar-refractivity contribution in [1.29, 1.82) is 0 Å². The van der Waals surface area contributed by atoms with Crippen LogP contribution in [-0.4, -0.2) is 43.7 Å². The predicted octanol–water partition coefficient (Wildman–Crippen LogP) is 1.54. The summed E-state index contributed by atoms with van der Waals surface area (Å²) in [4.78, 5) is 33.9. The van der Waals surface area contributed by atoms with Crippen molar-refractivity contribution in [3.63, 3.8) is 0 Å². The molecule has 0 saturated heterocycles. The number of benzene rings is 2. The smallest absolute Gasteiger partial charge is 0.341 e. The number of nitrogens with one attached hydrogen (secondary N) is 1. The number of hydrogen-bond acceptors (Lipinski definition) is 8. The van der Waals surface area contributed by atoms with Gasteiger partial charge in [-0.15, -0.1) is 0 Å². The molecule has 2 aromatic rings. The van der Waals surface area contributed by atoms with Gasteiger partial charge in [0.25, 0.3) is 11.6 Å². The Balaban J connectivity index is 1.77. The fraction of sp³-hybridized carbons (Fsp3) is 0.222. The first-order valence-corrected chi connectivity index (χ1v) is 8.16. The van der Waals surface area contributed by atoms with Crippen LogP contribution in [0.2, 0.25) is 0 Å². The first-order valence-electron chi connectivity index (χ1n) is 8.16. The van der Waals surface area contributed by atoms with Gasteiger partial charge in [0, 0.05) is 17.8 Å². The summed E-state index contributed by atoms with van der Waals surface area (Å²) in [7, 11) is 1.52. The van der Waals surface area contributed by atoms with Crippen molar-refractivity contribution in [1.82, 2.24) is 5.32 Å². The van der Waals surface area contributed by atoms with Crippen LogP contribution in [0, 0.1) is 10.1 Å². The van der Waals surface area contributed by atoms with E-state index >= 15 is 0 Å². The van der Waals surface area contributed by atoms with Crippen LogP contribution in [0.1, 0.15) is 10.4 Å². The number of carbonyl (C=O) groups is 2. The average Bonchev–Trinajstić information content (AvgIpc) is 2.69. The van der Waals surface area contributed by atoms with Crippen LogP contribution in [0.5, 0.6) is 11.5 Å². The maximum atomic E-state index is 12.0. The maximum Gasteiger partial charge on any atom is 0.341 e. The molecule has 0 aliphatic rings. The molecule has 10 heteroatoms. The highest BCUT2D eigenvalue weighted by atomic mass is 16.6. The molecule has 3 N–H and O–H groups in total. The first-order chi connectivity index (χ1) is 13.4. The summed E-state index contributed by atoms with van der Waals surface area (Å²) in [5.74, 6) is -0.383. The van der Waals surface area contributed by atoms with Crippen molar-refractivity contribution in [2.75, 3.05) is 32.6 Å². The zero-order chi connectivity index (χ0) is 20.5. The van der Waals surface area contributed by atoms with E-state index in [-0.39, 0.29) is 30.1 Å². The van der Waals surface area contributed by atoms with Gasteiger partial charge in [0.1, 0.15) is 6.61 Å². The van der Waals surface area contributed by atoms with Crippen molar-refractivity contribution in [3.8, 4) is 11.5 Å². The van der Waals surface area contributed by atoms with Crippen LogP contribution in [-0.2, 0) is 9.53 Å². The number of carbonyl (C=O) groups excluding carboxylic acids is 2. The third-order valence-electron chi connectivity index (χ3n) is 3.55. The largest absolute Gasteiger partial charge is 0.493 e. The fourth-order valence-electron chi connectivity index (χ4n) is 2.18. The predicted molar refractivity (Wildman–Crippen MR) is 99.3 cm³/mol. The molecule has 0 aromatic heterocycles. The molecule has 0 aliphatic heterocycles. The quantitative estimate of drug-likeness (QED) is 0.216. The van der Waals surface area contributed by atoms with Crippen molar-refractivity contribution < 1.29 is 28.7 Å².